The van der Waals surface area contributed by atoms with E-state index in [0.29, 0.717) is 12.4 Å². The quantitative estimate of drug-likeness (QED) is 0.875. The minimum atomic E-state index is -0.0367. The molecule has 1 atom stereocenters. The molecule has 0 bridgehead atoms. The third-order valence-corrected chi connectivity index (χ3v) is 2.59. The minimum Gasteiger partial charge on any atom is -0.469 e. The first-order valence-corrected chi connectivity index (χ1v) is 5.96. The van der Waals surface area contributed by atoms with Crippen LogP contribution in [0.25, 0.3) is 0 Å². The Kier molecular flexibility index (Phi) is 4.25. The van der Waals surface area contributed by atoms with Crippen molar-refractivity contribution in [2.75, 3.05) is 7.05 Å². The van der Waals surface area contributed by atoms with Crippen LogP contribution in [0, 0.1) is 0 Å². The molecule has 1 heterocycles. The molecule has 0 saturated carbocycles. The van der Waals surface area contributed by atoms with E-state index < -0.39 is 0 Å². The summed E-state index contributed by atoms with van der Waals surface area (Å²) in [6, 6.07) is 10.1. The monoisotopic (exact) mass is 243 g/mol. The van der Waals surface area contributed by atoms with Crippen molar-refractivity contribution < 1.29 is 4.74 Å². The zero-order valence-corrected chi connectivity index (χ0v) is 10.6. The maximum atomic E-state index is 5.79. The van der Waals surface area contributed by atoms with Crippen LogP contribution in [0.5, 0.6) is 5.88 Å². The van der Waals surface area contributed by atoms with Crippen molar-refractivity contribution in [3.05, 3.63) is 54.0 Å². The molecular weight excluding hydrogens is 226 g/mol. The Hall–Kier alpha value is -1.94. The first-order chi connectivity index (χ1) is 8.79. The Morgan fingerprint density at radius 2 is 2.00 bits per heavy atom. The van der Waals surface area contributed by atoms with E-state index in [1.807, 2.05) is 44.3 Å². The summed E-state index contributed by atoms with van der Waals surface area (Å²) < 4.78 is 5.79. The summed E-state index contributed by atoms with van der Waals surface area (Å²) in [5.41, 5.74) is 1.99. The van der Waals surface area contributed by atoms with Gasteiger partial charge >= 0.3 is 0 Å². The van der Waals surface area contributed by atoms with E-state index in [1.165, 1.54) is 0 Å². The van der Waals surface area contributed by atoms with E-state index in [2.05, 4.69) is 15.3 Å². The van der Waals surface area contributed by atoms with Crippen LogP contribution >= 0.6 is 0 Å². The molecule has 0 fully saturated rings. The van der Waals surface area contributed by atoms with Crippen LogP contribution in [0.3, 0.4) is 0 Å². The lowest BCUT2D eigenvalue weighted by atomic mass is 10.1. The largest absolute Gasteiger partial charge is 0.469 e. The molecule has 18 heavy (non-hydrogen) atoms. The zero-order chi connectivity index (χ0) is 12.8. The van der Waals surface area contributed by atoms with Crippen molar-refractivity contribution >= 4 is 0 Å². The van der Waals surface area contributed by atoms with Crippen LogP contribution in [0.4, 0.5) is 0 Å². The summed E-state index contributed by atoms with van der Waals surface area (Å²) in [6.07, 6.45) is 3.33. The SMILES string of the molecule is CNCc1cncc(OC(C)c2ccccc2)n1. The van der Waals surface area contributed by atoms with Gasteiger partial charge in [0.25, 0.3) is 0 Å². The van der Waals surface area contributed by atoms with E-state index in [9.17, 15) is 0 Å². The second kappa shape index (κ2) is 6.12. The first-order valence-electron chi connectivity index (χ1n) is 5.96. The van der Waals surface area contributed by atoms with Gasteiger partial charge < -0.3 is 10.1 Å². The molecule has 2 aromatic rings. The maximum Gasteiger partial charge on any atom is 0.233 e. The van der Waals surface area contributed by atoms with Crippen LogP contribution in [-0.2, 0) is 6.54 Å². The Bertz CT molecular complexity index is 487. The molecule has 0 saturated heterocycles. The van der Waals surface area contributed by atoms with E-state index >= 15 is 0 Å². The third kappa shape index (κ3) is 3.28. The molecule has 1 unspecified atom stereocenters. The van der Waals surface area contributed by atoms with E-state index in [1.54, 1.807) is 12.4 Å². The Morgan fingerprint density at radius 1 is 1.22 bits per heavy atom. The van der Waals surface area contributed by atoms with Crippen molar-refractivity contribution in [1.82, 2.24) is 15.3 Å². The summed E-state index contributed by atoms with van der Waals surface area (Å²) >= 11 is 0. The molecule has 0 radical (unpaired) electrons. The number of benzene rings is 1. The average molecular weight is 243 g/mol. The second-order valence-electron chi connectivity index (χ2n) is 4.05. The van der Waals surface area contributed by atoms with Gasteiger partial charge in [-0.1, -0.05) is 30.3 Å². The van der Waals surface area contributed by atoms with Crippen LogP contribution in [0.2, 0.25) is 0 Å². The number of hydrogen-bond acceptors (Lipinski definition) is 4. The maximum absolute atomic E-state index is 5.79. The van der Waals surface area contributed by atoms with E-state index in [-0.39, 0.29) is 6.10 Å². The van der Waals surface area contributed by atoms with Crippen LogP contribution in [0.15, 0.2) is 42.7 Å². The molecule has 1 aromatic heterocycles. The molecule has 1 aromatic carbocycles. The van der Waals surface area contributed by atoms with Gasteiger partial charge in [0.05, 0.1) is 11.9 Å². The van der Waals surface area contributed by atoms with Gasteiger partial charge in [-0.25, -0.2) is 4.98 Å². The predicted molar refractivity (Wildman–Crippen MR) is 70.3 cm³/mol. The lowest BCUT2D eigenvalue weighted by molar-refractivity contribution is 0.215. The minimum absolute atomic E-state index is 0.0367. The van der Waals surface area contributed by atoms with Gasteiger partial charge in [-0.2, -0.15) is 0 Å². The summed E-state index contributed by atoms with van der Waals surface area (Å²) in [5.74, 6) is 0.555. The molecule has 0 amide bonds. The number of nitrogens with zero attached hydrogens (tertiary/aromatic N) is 2. The van der Waals surface area contributed by atoms with Gasteiger partial charge in [-0.3, -0.25) is 4.98 Å². The summed E-state index contributed by atoms with van der Waals surface area (Å²) in [6.45, 7) is 2.69. The summed E-state index contributed by atoms with van der Waals surface area (Å²) in [7, 11) is 1.88. The highest BCUT2D eigenvalue weighted by molar-refractivity contribution is 5.18. The standard InChI is InChI=1S/C14H17N3O/c1-11(12-6-4-3-5-7-12)18-14-10-16-9-13(17-14)8-15-2/h3-7,9-11,15H,8H2,1-2H3. The molecule has 0 aliphatic heterocycles. The third-order valence-electron chi connectivity index (χ3n) is 2.59. The Morgan fingerprint density at radius 3 is 2.72 bits per heavy atom. The normalized spacial score (nSPS) is 12.1. The summed E-state index contributed by atoms with van der Waals surface area (Å²) in [5, 5.41) is 3.04. The van der Waals surface area contributed by atoms with Gasteiger partial charge in [0.1, 0.15) is 6.10 Å². The van der Waals surface area contributed by atoms with Crippen LogP contribution < -0.4 is 10.1 Å². The molecular formula is C14H17N3O. The number of nitrogens with one attached hydrogen (secondary N) is 1. The fourth-order valence-corrected chi connectivity index (χ4v) is 1.68. The van der Waals surface area contributed by atoms with Crippen LogP contribution in [0.1, 0.15) is 24.3 Å². The molecule has 2 rings (SSSR count). The van der Waals surface area contributed by atoms with Crippen molar-refractivity contribution in [1.29, 1.82) is 0 Å². The molecule has 0 spiro atoms. The van der Waals surface area contributed by atoms with Crippen molar-refractivity contribution in [3.63, 3.8) is 0 Å². The molecule has 4 nitrogen and oxygen atoms in total. The predicted octanol–water partition coefficient (Wildman–Crippen LogP) is 2.34. The van der Waals surface area contributed by atoms with Crippen molar-refractivity contribution in [3.8, 4) is 5.88 Å². The summed E-state index contributed by atoms with van der Waals surface area (Å²) in [4.78, 5) is 8.50. The Labute approximate surface area is 107 Å². The van der Waals surface area contributed by atoms with E-state index in [4.69, 9.17) is 4.74 Å². The number of aromatic nitrogens is 2. The molecule has 1 N–H and O–H groups in total. The van der Waals surface area contributed by atoms with Gasteiger partial charge in [0.2, 0.25) is 5.88 Å². The lowest BCUT2D eigenvalue weighted by Crippen LogP contribution is -2.09. The fourth-order valence-electron chi connectivity index (χ4n) is 1.68. The highest BCUT2D eigenvalue weighted by Crippen LogP contribution is 2.19. The highest BCUT2D eigenvalue weighted by Gasteiger charge is 2.08. The first kappa shape index (κ1) is 12.5. The number of rotatable bonds is 5. The van der Waals surface area contributed by atoms with Crippen LogP contribution in [-0.4, -0.2) is 17.0 Å². The lowest BCUT2D eigenvalue weighted by Gasteiger charge is -2.14. The van der Waals surface area contributed by atoms with Gasteiger partial charge in [0.15, 0.2) is 0 Å². The second-order valence-corrected chi connectivity index (χ2v) is 4.05. The molecule has 0 aliphatic rings. The fraction of sp³-hybridized carbons (Fsp3) is 0.286. The smallest absolute Gasteiger partial charge is 0.233 e. The Balaban J connectivity index is 2.07. The zero-order valence-electron chi connectivity index (χ0n) is 10.6. The molecule has 0 aliphatic carbocycles. The number of hydrogen-bond donors (Lipinski definition) is 1. The topological polar surface area (TPSA) is 47.0 Å². The number of ether oxygens (including phenoxy) is 1. The molecule has 94 valence electrons. The van der Waals surface area contributed by atoms with Crippen molar-refractivity contribution in [2.24, 2.45) is 0 Å². The van der Waals surface area contributed by atoms with Gasteiger partial charge in [0, 0.05) is 12.7 Å². The van der Waals surface area contributed by atoms with Gasteiger partial charge in [-0.15, -0.1) is 0 Å². The molecule has 4 heteroatoms. The highest BCUT2D eigenvalue weighted by atomic mass is 16.5. The average Bonchev–Trinajstić information content (AvgIpc) is 2.40. The van der Waals surface area contributed by atoms with Crippen molar-refractivity contribution in [2.45, 2.75) is 19.6 Å². The van der Waals surface area contributed by atoms with Gasteiger partial charge in [-0.05, 0) is 19.5 Å². The van der Waals surface area contributed by atoms with E-state index in [0.717, 1.165) is 11.3 Å².